The Labute approximate surface area is 141 Å². The van der Waals surface area contributed by atoms with Crippen molar-refractivity contribution in [3.05, 3.63) is 35.4 Å². The fourth-order valence-electron chi connectivity index (χ4n) is 3.31. The highest BCUT2D eigenvalue weighted by molar-refractivity contribution is 6.11. The molecular formula is C18H22N2O4. The molecule has 1 unspecified atom stereocenters. The Hall–Kier alpha value is -2.37. The maximum Gasteiger partial charge on any atom is 0.341 e. The van der Waals surface area contributed by atoms with Gasteiger partial charge >= 0.3 is 17.9 Å². The van der Waals surface area contributed by atoms with E-state index in [1.54, 1.807) is 24.3 Å². The monoisotopic (exact) mass is 330 g/mol. The minimum Gasteiger partial charge on any atom is -0.421 e. The minimum absolute atomic E-state index is 0.345. The molecule has 2 heterocycles. The number of benzene rings is 1. The highest BCUT2D eigenvalue weighted by atomic mass is 16.6. The van der Waals surface area contributed by atoms with Gasteiger partial charge in [0.25, 0.3) is 5.72 Å². The molecule has 1 aromatic rings. The average molecular weight is 330 g/mol. The fraction of sp³-hybridized carbons (Fsp3) is 0.500. The van der Waals surface area contributed by atoms with Crippen LogP contribution in [0.25, 0.3) is 0 Å². The third kappa shape index (κ3) is 2.20. The lowest BCUT2D eigenvalue weighted by Gasteiger charge is -2.30. The Balaban J connectivity index is 2.08. The van der Waals surface area contributed by atoms with E-state index >= 15 is 0 Å². The van der Waals surface area contributed by atoms with Gasteiger partial charge in [-0.25, -0.2) is 9.59 Å². The molecule has 24 heavy (non-hydrogen) atoms. The molecule has 128 valence electrons. The summed E-state index contributed by atoms with van der Waals surface area (Å²) in [6.45, 7) is 4.74. The number of imide groups is 1. The molecule has 2 aliphatic rings. The van der Waals surface area contributed by atoms with Crippen molar-refractivity contribution in [1.82, 2.24) is 9.80 Å². The summed E-state index contributed by atoms with van der Waals surface area (Å²) in [6.07, 6.45) is 3.21. The van der Waals surface area contributed by atoms with Gasteiger partial charge < -0.3 is 4.74 Å². The van der Waals surface area contributed by atoms with Gasteiger partial charge in [0, 0.05) is 18.7 Å². The van der Waals surface area contributed by atoms with Crippen LogP contribution in [0.4, 0.5) is 4.79 Å². The van der Waals surface area contributed by atoms with E-state index in [-0.39, 0.29) is 6.03 Å². The van der Waals surface area contributed by atoms with E-state index < -0.39 is 17.6 Å². The van der Waals surface area contributed by atoms with E-state index in [0.29, 0.717) is 24.2 Å². The number of amides is 3. The van der Waals surface area contributed by atoms with E-state index in [1.165, 1.54) is 9.80 Å². The van der Waals surface area contributed by atoms with E-state index in [4.69, 9.17) is 4.74 Å². The Morgan fingerprint density at radius 3 is 2.38 bits per heavy atom. The SMILES string of the molecule is CCCCN1C(=O)N(CCCC)C2(OC(=O)c3ccccc32)C1=O. The first kappa shape index (κ1) is 16.5. The van der Waals surface area contributed by atoms with Crippen molar-refractivity contribution in [3.8, 4) is 0 Å². The number of carbonyl (C=O) groups excluding carboxylic acids is 3. The zero-order valence-corrected chi connectivity index (χ0v) is 14.1. The zero-order valence-electron chi connectivity index (χ0n) is 14.1. The maximum absolute atomic E-state index is 13.1. The molecule has 0 radical (unpaired) electrons. The lowest BCUT2D eigenvalue weighted by molar-refractivity contribution is -0.154. The normalized spacial score (nSPS) is 22.5. The molecule has 2 aliphatic heterocycles. The zero-order chi connectivity index (χ0) is 17.3. The number of hydrogen-bond donors (Lipinski definition) is 0. The molecule has 1 aromatic carbocycles. The van der Waals surface area contributed by atoms with Crippen molar-refractivity contribution in [1.29, 1.82) is 0 Å². The lowest BCUT2D eigenvalue weighted by Crippen LogP contribution is -2.47. The van der Waals surface area contributed by atoms with Gasteiger partial charge in [-0.15, -0.1) is 0 Å². The lowest BCUT2D eigenvalue weighted by atomic mass is 9.98. The van der Waals surface area contributed by atoms with Crippen LogP contribution >= 0.6 is 0 Å². The molecule has 1 atom stereocenters. The second kappa shape index (κ2) is 6.26. The topological polar surface area (TPSA) is 66.9 Å². The molecule has 0 N–H and O–H groups in total. The molecular weight excluding hydrogens is 308 g/mol. The molecule has 0 bridgehead atoms. The number of fused-ring (bicyclic) bond motifs is 2. The summed E-state index contributed by atoms with van der Waals surface area (Å²) in [7, 11) is 0. The van der Waals surface area contributed by atoms with E-state index in [0.717, 1.165) is 25.7 Å². The van der Waals surface area contributed by atoms with Crippen molar-refractivity contribution >= 4 is 17.9 Å². The summed E-state index contributed by atoms with van der Waals surface area (Å²) in [4.78, 5) is 40.9. The Kier molecular flexibility index (Phi) is 4.30. The van der Waals surface area contributed by atoms with Gasteiger partial charge in [0.1, 0.15) is 0 Å². The first-order valence-electron chi connectivity index (χ1n) is 8.54. The molecule has 6 heteroatoms. The van der Waals surface area contributed by atoms with Crippen molar-refractivity contribution in [2.75, 3.05) is 13.1 Å². The molecule has 1 fully saturated rings. The number of unbranched alkanes of at least 4 members (excludes halogenated alkanes) is 2. The van der Waals surface area contributed by atoms with Crippen LogP contribution in [-0.4, -0.2) is 40.8 Å². The predicted molar refractivity (Wildman–Crippen MR) is 87.2 cm³/mol. The molecule has 0 aliphatic carbocycles. The number of carbonyl (C=O) groups is 3. The molecule has 6 nitrogen and oxygen atoms in total. The largest absolute Gasteiger partial charge is 0.421 e. The summed E-state index contributed by atoms with van der Waals surface area (Å²) in [6, 6.07) is 6.45. The molecule has 3 rings (SSSR count). The number of nitrogens with zero attached hydrogens (tertiary/aromatic N) is 2. The van der Waals surface area contributed by atoms with Crippen LogP contribution in [0.15, 0.2) is 24.3 Å². The Morgan fingerprint density at radius 2 is 1.67 bits per heavy atom. The first-order chi connectivity index (χ1) is 11.6. The standard InChI is InChI=1S/C18H22N2O4/c1-3-5-11-19-16(22)18(20(17(19)23)12-6-4-2)14-10-8-7-9-13(14)15(21)24-18/h7-10H,3-6,11-12H2,1-2H3. The summed E-state index contributed by atoms with van der Waals surface area (Å²) in [5.41, 5.74) is -0.783. The first-order valence-corrected chi connectivity index (χ1v) is 8.54. The number of rotatable bonds is 6. The van der Waals surface area contributed by atoms with Crippen LogP contribution in [0.1, 0.15) is 55.5 Å². The highest BCUT2D eigenvalue weighted by Crippen LogP contribution is 2.45. The van der Waals surface area contributed by atoms with Gasteiger partial charge in [-0.1, -0.05) is 44.9 Å². The third-order valence-electron chi connectivity index (χ3n) is 4.60. The van der Waals surface area contributed by atoms with Crippen molar-refractivity contribution in [2.24, 2.45) is 0 Å². The van der Waals surface area contributed by atoms with Crippen molar-refractivity contribution in [2.45, 2.75) is 45.3 Å². The molecule has 0 aromatic heterocycles. The summed E-state index contributed by atoms with van der Waals surface area (Å²) >= 11 is 0. The molecule has 1 spiro atoms. The predicted octanol–water partition coefficient (Wildman–Crippen LogP) is 2.87. The van der Waals surface area contributed by atoms with E-state index in [1.807, 2.05) is 13.8 Å². The minimum atomic E-state index is -1.62. The number of urea groups is 1. The summed E-state index contributed by atoms with van der Waals surface area (Å²) < 4.78 is 5.56. The van der Waals surface area contributed by atoms with Crippen LogP contribution < -0.4 is 0 Å². The Bertz CT molecular complexity index is 687. The molecule has 0 saturated carbocycles. The van der Waals surface area contributed by atoms with Crippen LogP contribution in [0, 0.1) is 0 Å². The van der Waals surface area contributed by atoms with Gasteiger partial charge in [0.05, 0.1) is 5.56 Å². The molecule has 3 amide bonds. The van der Waals surface area contributed by atoms with Gasteiger partial charge in [-0.3, -0.25) is 14.6 Å². The van der Waals surface area contributed by atoms with Gasteiger partial charge in [0.15, 0.2) is 0 Å². The quantitative estimate of drug-likeness (QED) is 0.594. The van der Waals surface area contributed by atoms with Crippen molar-refractivity contribution < 1.29 is 19.1 Å². The Morgan fingerprint density at radius 1 is 1.00 bits per heavy atom. The van der Waals surface area contributed by atoms with Crippen LogP contribution in [0.5, 0.6) is 0 Å². The van der Waals surface area contributed by atoms with E-state index in [2.05, 4.69) is 0 Å². The number of hydrogen-bond acceptors (Lipinski definition) is 4. The smallest absolute Gasteiger partial charge is 0.341 e. The third-order valence-corrected chi connectivity index (χ3v) is 4.60. The second-order valence-corrected chi connectivity index (χ2v) is 6.18. The van der Waals surface area contributed by atoms with Crippen molar-refractivity contribution in [3.63, 3.8) is 0 Å². The van der Waals surface area contributed by atoms with Gasteiger partial charge in [-0.05, 0) is 18.9 Å². The van der Waals surface area contributed by atoms with E-state index in [9.17, 15) is 14.4 Å². The molecule has 1 saturated heterocycles. The summed E-state index contributed by atoms with van der Waals surface area (Å²) in [5, 5.41) is 0. The number of ether oxygens (including phenoxy) is 1. The van der Waals surface area contributed by atoms with Crippen LogP contribution in [-0.2, 0) is 15.3 Å². The number of esters is 1. The van der Waals surface area contributed by atoms with Crippen LogP contribution in [0.3, 0.4) is 0 Å². The average Bonchev–Trinajstić information content (AvgIpc) is 2.99. The summed E-state index contributed by atoms with van der Waals surface area (Å²) in [5.74, 6) is -0.999. The fourth-order valence-corrected chi connectivity index (χ4v) is 3.31. The second-order valence-electron chi connectivity index (χ2n) is 6.18. The van der Waals surface area contributed by atoms with Crippen LogP contribution in [0.2, 0.25) is 0 Å². The highest BCUT2D eigenvalue weighted by Gasteiger charge is 2.65. The maximum atomic E-state index is 13.1. The van der Waals surface area contributed by atoms with Gasteiger partial charge in [0.2, 0.25) is 0 Å². The van der Waals surface area contributed by atoms with Gasteiger partial charge in [-0.2, -0.15) is 0 Å².